The van der Waals surface area contributed by atoms with Crippen LogP contribution in [0.25, 0.3) is 0 Å². The lowest BCUT2D eigenvalue weighted by molar-refractivity contribution is 0.0894. The normalized spacial score (nSPS) is 33.6. The summed E-state index contributed by atoms with van der Waals surface area (Å²) in [7, 11) is 1.66. The lowest BCUT2D eigenvalue weighted by Gasteiger charge is -2.04. The maximum Gasteiger partial charge on any atom is 0.198 e. The number of hydrogen-bond acceptors (Lipinski definition) is 4. The molecule has 0 bridgehead atoms. The summed E-state index contributed by atoms with van der Waals surface area (Å²) in [6, 6.07) is 15.6. The highest BCUT2D eigenvalue weighted by molar-refractivity contribution is 6.09. The number of carbonyl (C=O) groups is 1. The molecule has 4 nitrogen and oxygen atoms in total. The van der Waals surface area contributed by atoms with E-state index in [1.807, 2.05) is 48.5 Å². The summed E-state index contributed by atoms with van der Waals surface area (Å²) < 4.78 is 17.1. The van der Waals surface area contributed by atoms with E-state index in [4.69, 9.17) is 14.2 Å². The summed E-state index contributed by atoms with van der Waals surface area (Å²) >= 11 is 0. The van der Waals surface area contributed by atoms with Crippen LogP contribution in [0.5, 0.6) is 5.75 Å². The fourth-order valence-corrected chi connectivity index (χ4v) is 3.84. The van der Waals surface area contributed by atoms with E-state index in [1.165, 1.54) is 0 Å². The van der Waals surface area contributed by atoms with Gasteiger partial charge >= 0.3 is 0 Å². The number of carbonyl (C=O) groups excluding carboxylic acids is 1. The third-order valence-corrected chi connectivity index (χ3v) is 5.11. The van der Waals surface area contributed by atoms with Crippen molar-refractivity contribution in [3.63, 3.8) is 0 Å². The number of fused-ring (bicyclic) bond motifs is 1. The van der Waals surface area contributed by atoms with Gasteiger partial charge in [-0.15, -0.1) is 0 Å². The molecule has 4 atom stereocenters. The molecule has 2 fully saturated rings. The van der Waals surface area contributed by atoms with Gasteiger partial charge in [0.25, 0.3) is 0 Å². The first-order valence-electron chi connectivity index (χ1n) is 7.83. The van der Waals surface area contributed by atoms with Crippen LogP contribution in [0.4, 0.5) is 0 Å². The predicted octanol–water partition coefficient (Wildman–Crippen LogP) is 2.71. The molecule has 2 aromatic carbocycles. The Bertz CT molecular complexity index is 815. The third kappa shape index (κ3) is 1.76. The largest absolute Gasteiger partial charge is 0.496 e. The van der Waals surface area contributed by atoms with Crippen LogP contribution in [-0.4, -0.2) is 30.7 Å². The molecule has 116 valence electrons. The van der Waals surface area contributed by atoms with Gasteiger partial charge in [-0.2, -0.15) is 0 Å². The smallest absolute Gasteiger partial charge is 0.198 e. The van der Waals surface area contributed by atoms with Gasteiger partial charge < -0.3 is 14.2 Å². The van der Waals surface area contributed by atoms with Gasteiger partial charge in [-0.25, -0.2) is 0 Å². The van der Waals surface area contributed by atoms with Crippen LogP contribution in [0.2, 0.25) is 0 Å². The molecule has 2 aromatic rings. The van der Waals surface area contributed by atoms with Crippen LogP contribution >= 0.6 is 0 Å². The Balaban J connectivity index is 1.38. The molecule has 2 heterocycles. The number of benzene rings is 2. The minimum absolute atomic E-state index is 0.0490. The van der Waals surface area contributed by atoms with E-state index < -0.39 is 5.60 Å². The number of rotatable bonds is 3. The molecule has 1 spiro atoms. The van der Waals surface area contributed by atoms with Gasteiger partial charge in [0.05, 0.1) is 7.11 Å². The van der Waals surface area contributed by atoms with Crippen LogP contribution in [0, 0.1) is 0 Å². The number of hydrogen-bond donors (Lipinski definition) is 0. The molecular formula is C19H16O4. The van der Waals surface area contributed by atoms with Crippen LogP contribution in [-0.2, 0) is 15.9 Å². The van der Waals surface area contributed by atoms with E-state index in [0.717, 1.165) is 22.4 Å². The summed E-state index contributed by atoms with van der Waals surface area (Å²) in [4.78, 5) is 12.7. The monoisotopic (exact) mass is 308 g/mol. The van der Waals surface area contributed by atoms with Gasteiger partial charge in [0, 0.05) is 17.5 Å². The number of para-hydroxylation sites is 1. The Morgan fingerprint density at radius 2 is 1.91 bits per heavy atom. The van der Waals surface area contributed by atoms with Crippen molar-refractivity contribution in [3.05, 3.63) is 65.2 Å². The van der Waals surface area contributed by atoms with Gasteiger partial charge in [0.2, 0.25) is 0 Å². The maximum atomic E-state index is 12.7. The molecule has 5 rings (SSSR count). The predicted molar refractivity (Wildman–Crippen MR) is 82.7 cm³/mol. The van der Waals surface area contributed by atoms with Crippen molar-refractivity contribution >= 4 is 5.78 Å². The summed E-state index contributed by atoms with van der Waals surface area (Å²) in [6.45, 7) is 0. The zero-order valence-corrected chi connectivity index (χ0v) is 12.7. The molecular weight excluding hydrogens is 292 g/mol. The SMILES string of the molecule is COc1ccccc1[C@H]1O[C@@H]1[C@@H]1O[C@]12Cc1ccccc1C2=O. The second kappa shape index (κ2) is 4.43. The van der Waals surface area contributed by atoms with Crippen molar-refractivity contribution in [1.82, 2.24) is 0 Å². The molecule has 3 aliphatic rings. The minimum Gasteiger partial charge on any atom is -0.496 e. The molecule has 4 heteroatoms. The van der Waals surface area contributed by atoms with Crippen LogP contribution in [0.3, 0.4) is 0 Å². The molecule has 2 aliphatic heterocycles. The highest BCUT2D eigenvalue weighted by Crippen LogP contribution is 2.58. The van der Waals surface area contributed by atoms with Crippen LogP contribution in [0.15, 0.2) is 48.5 Å². The van der Waals surface area contributed by atoms with E-state index in [-0.39, 0.29) is 24.1 Å². The van der Waals surface area contributed by atoms with Crippen molar-refractivity contribution in [3.8, 4) is 5.75 Å². The zero-order valence-electron chi connectivity index (χ0n) is 12.7. The van der Waals surface area contributed by atoms with Crippen molar-refractivity contribution in [2.24, 2.45) is 0 Å². The van der Waals surface area contributed by atoms with E-state index in [9.17, 15) is 4.79 Å². The second-order valence-electron chi connectivity index (χ2n) is 6.35. The number of methoxy groups -OCH3 is 1. The topological polar surface area (TPSA) is 51.4 Å². The molecule has 0 radical (unpaired) electrons. The maximum absolute atomic E-state index is 12.7. The molecule has 0 N–H and O–H groups in total. The summed E-state index contributed by atoms with van der Waals surface area (Å²) in [5.41, 5.74) is 2.21. The Morgan fingerprint density at radius 3 is 2.74 bits per heavy atom. The number of epoxide rings is 2. The van der Waals surface area contributed by atoms with E-state index in [2.05, 4.69) is 0 Å². The van der Waals surface area contributed by atoms with Crippen molar-refractivity contribution in [1.29, 1.82) is 0 Å². The average molecular weight is 308 g/mol. The van der Waals surface area contributed by atoms with Gasteiger partial charge in [-0.3, -0.25) is 4.79 Å². The first-order valence-corrected chi connectivity index (χ1v) is 7.83. The molecule has 0 unspecified atom stereocenters. The molecule has 2 saturated heterocycles. The first kappa shape index (κ1) is 13.3. The summed E-state index contributed by atoms with van der Waals surface area (Å²) in [5, 5.41) is 0. The minimum atomic E-state index is -0.689. The zero-order chi connectivity index (χ0) is 15.6. The number of ketones is 1. The van der Waals surface area contributed by atoms with E-state index in [1.54, 1.807) is 7.11 Å². The van der Waals surface area contributed by atoms with Gasteiger partial charge in [0.1, 0.15) is 24.1 Å². The average Bonchev–Trinajstić information content (AvgIpc) is 3.47. The lowest BCUT2D eigenvalue weighted by Crippen LogP contribution is -2.25. The van der Waals surface area contributed by atoms with Crippen molar-refractivity contribution in [2.75, 3.05) is 7.11 Å². The summed E-state index contributed by atoms with van der Waals surface area (Å²) in [6.07, 6.45) is 0.388. The Labute approximate surface area is 134 Å². The van der Waals surface area contributed by atoms with Gasteiger partial charge in [-0.1, -0.05) is 42.5 Å². The quantitative estimate of drug-likeness (QED) is 0.818. The van der Waals surface area contributed by atoms with Crippen molar-refractivity contribution in [2.45, 2.75) is 30.3 Å². The number of Topliss-reactive ketones (excluding diaryl/α,β-unsaturated/α-hetero) is 1. The second-order valence-corrected chi connectivity index (χ2v) is 6.35. The third-order valence-electron chi connectivity index (χ3n) is 5.11. The summed E-state index contributed by atoms with van der Waals surface area (Å²) in [5.74, 6) is 0.920. The van der Waals surface area contributed by atoms with Crippen molar-refractivity contribution < 1.29 is 19.0 Å². The van der Waals surface area contributed by atoms with E-state index >= 15 is 0 Å². The lowest BCUT2D eigenvalue weighted by atomic mass is 9.96. The van der Waals surface area contributed by atoms with Crippen LogP contribution < -0.4 is 4.74 Å². The highest BCUT2D eigenvalue weighted by Gasteiger charge is 2.73. The van der Waals surface area contributed by atoms with Crippen LogP contribution in [0.1, 0.15) is 27.6 Å². The molecule has 23 heavy (non-hydrogen) atoms. The number of ether oxygens (including phenoxy) is 3. The molecule has 0 amide bonds. The first-order chi connectivity index (χ1) is 11.2. The fourth-order valence-electron chi connectivity index (χ4n) is 3.84. The Morgan fingerprint density at radius 1 is 1.13 bits per heavy atom. The van der Waals surface area contributed by atoms with E-state index in [0.29, 0.717) is 6.42 Å². The fraction of sp³-hybridized carbons (Fsp3) is 0.316. The van der Waals surface area contributed by atoms with Gasteiger partial charge in [0.15, 0.2) is 11.4 Å². The molecule has 0 saturated carbocycles. The van der Waals surface area contributed by atoms with Gasteiger partial charge in [-0.05, 0) is 11.6 Å². The Kier molecular flexibility index (Phi) is 2.56. The molecule has 1 aliphatic carbocycles. The standard InChI is InChI=1S/C19H16O4/c1-21-14-9-5-4-8-13(14)15-16(22-15)18-19(23-18)10-11-6-2-3-7-12(11)17(19)20/h2-9,15-16,18H,10H2,1H3/t15-,16+,18+,19+/m1/s1. The molecule has 0 aromatic heterocycles. The highest BCUT2D eigenvalue weighted by atomic mass is 16.7. The Hall–Kier alpha value is -2.17.